The highest BCUT2D eigenvalue weighted by atomic mass is 16.8. The van der Waals surface area contributed by atoms with E-state index >= 15 is 0 Å². The first-order chi connectivity index (χ1) is 5.90. The average molecular weight is 169 g/mol. The third-order valence-corrected chi connectivity index (χ3v) is 2.47. The highest BCUT2D eigenvalue weighted by molar-refractivity contribution is 5.06. The lowest BCUT2D eigenvalue weighted by Crippen LogP contribution is -2.38. The van der Waals surface area contributed by atoms with Crippen LogP contribution in [0.15, 0.2) is 5.11 Å². The standard InChI is InChI=1S/C6H7N3O3/c7-9-8-3-2-1-10-6(11-2)5-4(3)12-5/h2-6H,1H2/t2?,3-,4+,5+,6-/m1/s1. The predicted octanol–water partition coefficient (Wildman–Crippen LogP) is 0.188. The van der Waals surface area contributed by atoms with E-state index in [1.807, 2.05) is 0 Å². The van der Waals surface area contributed by atoms with Crippen LogP contribution < -0.4 is 0 Å². The molecule has 5 atom stereocenters. The minimum atomic E-state index is -0.217. The fraction of sp³-hybridized carbons (Fsp3) is 1.00. The van der Waals surface area contributed by atoms with Crippen molar-refractivity contribution in [1.82, 2.24) is 0 Å². The van der Waals surface area contributed by atoms with Gasteiger partial charge in [-0.15, -0.1) is 0 Å². The molecular formula is C6H7N3O3. The van der Waals surface area contributed by atoms with Crippen LogP contribution in [-0.2, 0) is 14.2 Å². The molecule has 3 saturated heterocycles. The van der Waals surface area contributed by atoms with Crippen molar-refractivity contribution >= 4 is 0 Å². The van der Waals surface area contributed by atoms with Gasteiger partial charge in [0.2, 0.25) is 0 Å². The van der Waals surface area contributed by atoms with Gasteiger partial charge in [0.15, 0.2) is 6.29 Å². The summed E-state index contributed by atoms with van der Waals surface area (Å²) < 4.78 is 15.9. The smallest absolute Gasteiger partial charge is 0.186 e. The minimum Gasteiger partial charge on any atom is -0.363 e. The molecule has 3 aliphatic rings. The third kappa shape index (κ3) is 0.723. The maximum Gasteiger partial charge on any atom is 0.186 e. The van der Waals surface area contributed by atoms with Crippen molar-refractivity contribution in [3.05, 3.63) is 10.4 Å². The first-order valence-electron chi connectivity index (χ1n) is 3.87. The molecule has 64 valence electrons. The van der Waals surface area contributed by atoms with Crippen LogP contribution in [-0.4, -0.2) is 37.3 Å². The van der Waals surface area contributed by atoms with Gasteiger partial charge in [0.25, 0.3) is 0 Å². The molecule has 3 rings (SSSR count). The average Bonchev–Trinajstić information content (AvgIpc) is 2.75. The summed E-state index contributed by atoms with van der Waals surface area (Å²) in [4.78, 5) is 2.76. The molecule has 0 spiro atoms. The summed E-state index contributed by atoms with van der Waals surface area (Å²) in [6, 6.07) is -0.196. The quantitative estimate of drug-likeness (QED) is 0.243. The van der Waals surface area contributed by atoms with Gasteiger partial charge in [0, 0.05) is 4.91 Å². The summed E-state index contributed by atoms with van der Waals surface area (Å²) in [5.74, 6) is 0. The molecule has 0 aromatic rings. The lowest BCUT2D eigenvalue weighted by Gasteiger charge is -2.19. The van der Waals surface area contributed by atoms with Gasteiger partial charge in [-0.25, -0.2) is 0 Å². The summed E-state index contributed by atoms with van der Waals surface area (Å²) in [5, 5.41) is 3.64. The molecular weight excluding hydrogens is 162 g/mol. The second kappa shape index (κ2) is 2.11. The van der Waals surface area contributed by atoms with Gasteiger partial charge < -0.3 is 14.2 Å². The second-order valence-corrected chi connectivity index (χ2v) is 3.14. The molecule has 3 aliphatic heterocycles. The van der Waals surface area contributed by atoms with Gasteiger partial charge in [-0.05, 0) is 5.53 Å². The number of ether oxygens (including phenoxy) is 3. The predicted molar refractivity (Wildman–Crippen MR) is 36.2 cm³/mol. The first-order valence-corrected chi connectivity index (χ1v) is 3.87. The Bertz CT molecular complexity index is 265. The van der Waals surface area contributed by atoms with E-state index in [9.17, 15) is 0 Å². The molecule has 0 N–H and O–H groups in total. The Morgan fingerprint density at radius 3 is 3.08 bits per heavy atom. The summed E-state index contributed by atoms with van der Waals surface area (Å²) in [5.41, 5.74) is 8.29. The molecule has 12 heavy (non-hydrogen) atoms. The molecule has 1 unspecified atom stereocenters. The van der Waals surface area contributed by atoms with Crippen LogP contribution in [0.3, 0.4) is 0 Å². The number of hydrogen-bond acceptors (Lipinski definition) is 4. The zero-order chi connectivity index (χ0) is 8.13. The maximum absolute atomic E-state index is 8.29. The van der Waals surface area contributed by atoms with Crippen LogP contribution in [0.1, 0.15) is 0 Å². The molecule has 0 aliphatic carbocycles. The topological polar surface area (TPSA) is 79.8 Å². The Morgan fingerprint density at radius 1 is 1.33 bits per heavy atom. The summed E-state index contributed by atoms with van der Waals surface area (Å²) in [7, 11) is 0. The number of epoxide rings is 1. The van der Waals surface area contributed by atoms with Crippen molar-refractivity contribution in [3.8, 4) is 0 Å². The van der Waals surface area contributed by atoms with Gasteiger partial charge in [0.05, 0.1) is 18.8 Å². The molecule has 0 saturated carbocycles. The van der Waals surface area contributed by atoms with Crippen molar-refractivity contribution in [2.24, 2.45) is 5.11 Å². The van der Waals surface area contributed by atoms with Crippen molar-refractivity contribution < 1.29 is 14.2 Å². The molecule has 0 amide bonds. The molecule has 3 heterocycles. The van der Waals surface area contributed by atoms with Crippen molar-refractivity contribution in [3.63, 3.8) is 0 Å². The van der Waals surface area contributed by atoms with Gasteiger partial charge >= 0.3 is 0 Å². The van der Waals surface area contributed by atoms with Crippen LogP contribution in [0.5, 0.6) is 0 Å². The van der Waals surface area contributed by atoms with Gasteiger partial charge in [-0.3, -0.25) is 0 Å². The lowest BCUT2D eigenvalue weighted by molar-refractivity contribution is -0.0814. The third-order valence-electron chi connectivity index (χ3n) is 2.47. The maximum atomic E-state index is 8.29. The zero-order valence-corrected chi connectivity index (χ0v) is 6.16. The van der Waals surface area contributed by atoms with E-state index in [2.05, 4.69) is 10.0 Å². The van der Waals surface area contributed by atoms with Crippen LogP contribution in [0.25, 0.3) is 10.4 Å². The molecule has 0 radical (unpaired) electrons. The Morgan fingerprint density at radius 2 is 2.25 bits per heavy atom. The van der Waals surface area contributed by atoms with Crippen LogP contribution in [0.4, 0.5) is 0 Å². The van der Waals surface area contributed by atoms with E-state index in [1.54, 1.807) is 0 Å². The van der Waals surface area contributed by atoms with Crippen molar-refractivity contribution in [1.29, 1.82) is 0 Å². The summed E-state index contributed by atoms with van der Waals surface area (Å²) >= 11 is 0. The molecule has 6 heteroatoms. The molecule has 0 aromatic carbocycles. The van der Waals surface area contributed by atoms with E-state index in [4.69, 9.17) is 19.7 Å². The summed E-state index contributed by atoms with van der Waals surface area (Å²) in [6.45, 7) is 0.519. The number of hydrogen-bond donors (Lipinski definition) is 0. The Labute approximate surface area is 68.0 Å². The fourth-order valence-electron chi connectivity index (χ4n) is 1.83. The fourth-order valence-corrected chi connectivity index (χ4v) is 1.83. The van der Waals surface area contributed by atoms with E-state index in [1.165, 1.54) is 0 Å². The molecule has 0 aromatic heterocycles. The first kappa shape index (κ1) is 6.68. The van der Waals surface area contributed by atoms with Crippen molar-refractivity contribution in [2.45, 2.75) is 30.6 Å². The van der Waals surface area contributed by atoms with Gasteiger partial charge in [-0.1, -0.05) is 5.11 Å². The number of fused-ring (bicyclic) bond motifs is 4. The normalized spacial score (nSPS) is 54.2. The Hall–Kier alpha value is -0.810. The van der Waals surface area contributed by atoms with E-state index < -0.39 is 0 Å². The SMILES string of the molecule is [N-]=[N+]=N[C@@H]1C2CO[C@H](O2)[C@H]2O[C@H]21. The molecule has 6 nitrogen and oxygen atoms in total. The minimum absolute atomic E-state index is 0.000694. The number of nitrogens with zero attached hydrogens (tertiary/aromatic N) is 3. The Balaban J connectivity index is 1.89. The number of azide groups is 1. The van der Waals surface area contributed by atoms with Crippen LogP contribution in [0.2, 0.25) is 0 Å². The Kier molecular flexibility index (Phi) is 1.18. The van der Waals surface area contributed by atoms with E-state index in [0.29, 0.717) is 6.61 Å². The van der Waals surface area contributed by atoms with E-state index in [0.717, 1.165) is 0 Å². The molecule has 2 bridgehead atoms. The van der Waals surface area contributed by atoms with Gasteiger partial charge in [0.1, 0.15) is 12.2 Å². The molecule has 3 fully saturated rings. The highest BCUT2D eigenvalue weighted by Crippen LogP contribution is 2.42. The van der Waals surface area contributed by atoms with Crippen molar-refractivity contribution in [2.75, 3.05) is 6.61 Å². The zero-order valence-electron chi connectivity index (χ0n) is 6.16. The van der Waals surface area contributed by atoms with Crippen LogP contribution >= 0.6 is 0 Å². The lowest BCUT2D eigenvalue weighted by atomic mass is 10.1. The number of rotatable bonds is 1. The summed E-state index contributed by atoms with van der Waals surface area (Å²) in [6.07, 6.45) is -0.286. The monoisotopic (exact) mass is 169 g/mol. The van der Waals surface area contributed by atoms with Crippen LogP contribution in [0, 0.1) is 0 Å². The largest absolute Gasteiger partial charge is 0.363 e. The van der Waals surface area contributed by atoms with E-state index in [-0.39, 0.29) is 30.6 Å². The van der Waals surface area contributed by atoms with Gasteiger partial charge in [-0.2, -0.15) is 0 Å². The highest BCUT2D eigenvalue weighted by Gasteiger charge is 2.61. The second-order valence-electron chi connectivity index (χ2n) is 3.14.